The third-order valence-corrected chi connectivity index (χ3v) is 5.60. The molecule has 108 valence electrons. The average Bonchev–Trinajstić information content (AvgIpc) is 2.90. The number of aromatic nitrogens is 2. The normalized spacial score (nSPS) is 21.4. The highest BCUT2D eigenvalue weighted by Crippen LogP contribution is 2.25. The number of imidazole rings is 1. The summed E-state index contributed by atoms with van der Waals surface area (Å²) in [7, 11) is -1.38. The Morgan fingerprint density at radius 2 is 2.25 bits per heavy atom. The molecule has 6 nitrogen and oxygen atoms in total. The SMILES string of the molecule is COc1cccc2c1[nH]c(=O)n2CC1CCS(=O)(=O)C1. The summed E-state index contributed by atoms with van der Waals surface area (Å²) >= 11 is 0. The Labute approximate surface area is 116 Å². The molecule has 0 amide bonds. The first-order chi connectivity index (χ1) is 9.50. The number of fused-ring (bicyclic) bond motifs is 1. The van der Waals surface area contributed by atoms with Crippen molar-refractivity contribution in [2.24, 2.45) is 5.92 Å². The molecule has 1 N–H and O–H groups in total. The quantitative estimate of drug-likeness (QED) is 0.907. The van der Waals surface area contributed by atoms with Crippen molar-refractivity contribution < 1.29 is 13.2 Å². The molecule has 1 aromatic carbocycles. The van der Waals surface area contributed by atoms with E-state index in [1.54, 1.807) is 17.7 Å². The van der Waals surface area contributed by atoms with Gasteiger partial charge in [0.15, 0.2) is 9.84 Å². The minimum Gasteiger partial charge on any atom is -0.494 e. The molecule has 0 aliphatic carbocycles. The van der Waals surface area contributed by atoms with Crippen molar-refractivity contribution in [1.82, 2.24) is 9.55 Å². The number of sulfone groups is 1. The molecule has 1 atom stereocenters. The summed E-state index contributed by atoms with van der Waals surface area (Å²) in [5.74, 6) is 0.994. The van der Waals surface area contributed by atoms with E-state index < -0.39 is 9.84 Å². The Kier molecular flexibility index (Phi) is 3.08. The minimum absolute atomic E-state index is 0.00269. The first kappa shape index (κ1) is 13.2. The summed E-state index contributed by atoms with van der Waals surface area (Å²) < 4.78 is 29.8. The molecule has 1 fully saturated rings. The van der Waals surface area contributed by atoms with Gasteiger partial charge < -0.3 is 9.72 Å². The highest BCUT2D eigenvalue weighted by atomic mass is 32.2. The highest BCUT2D eigenvalue weighted by Gasteiger charge is 2.28. The van der Waals surface area contributed by atoms with Gasteiger partial charge in [0.25, 0.3) is 0 Å². The van der Waals surface area contributed by atoms with Crippen molar-refractivity contribution >= 4 is 20.9 Å². The summed E-state index contributed by atoms with van der Waals surface area (Å²) in [6.07, 6.45) is 0.616. The average molecular weight is 296 g/mol. The van der Waals surface area contributed by atoms with Crippen LogP contribution in [0.15, 0.2) is 23.0 Å². The van der Waals surface area contributed by atoms with Crippen LogP contribution in [0.5, 0.6) is 5.75 Å². The molecule has 3 rings (SSSR count). The van der Waals surface area contributed by atoms with Crippen molar-refractivity contribution in [3.05, 3.63) is 28.7 Å². The zero-order chi connectivity index (χ0) is 14.3. The van der Waals surface area contributed by atoms with Crippen LogP contribution in [-0.2, 0) is 16.4 Å². The topological polar surface area (TPSA) is 81.2 Å². The second kappa shape index (κ2) is 4.66. The number of aromatic amines is 1. The molecule has 1 unspecified atom stereocenters. The van der Waals surface area contributed by atoms with E-state index in [0.29, 0.717) is 24.2 Å². The zero-order valence-electron chi connectivity index (χ0n) is 11.1. The number of benzene rings is 1. The Bertz CT molecular complexity index is 803. The van der Waals surface area contributed by atoms with E-state index in [9.17, 15) is 13.2 Å². The summed E-state index contributed by atoms with van der Waals surface area (Å²) in [4.78, 5) is 14.8. The molecule has 1 aliphatic heterocycles. The van der Waals surface area contributed by atoms with Gasteiger partial charge in [-0.3, -0.25) is 4.57 Å². The first-order valence-electron chi connectivity index (χ1n) is 6.46. The van der Waals surface area contributed by atoms with Gasteiger partial charge in [0.2, 0.25) is 0 Å². The number of rotatable bonds is 3. The lowest BCUT2D eigenvalue weighted by molar-refractivity contribution is 0.419. The molecule has 2 aromatic rings. The molecule has 20 heavy (non-hydrogen) atoms. The van der Waals surface area contributed by atoms with Crippen LogP contribution in [-0.4, -0.2) is 36.6 Å². The van der Waals surface area contributed by atoms with Crippen LogP contribution >= 0.6 is 0 Å². The maximum Gasteiger partial charge on any atom is 0.326 e. The first-order valence-corrected chi connectivity index (χ1v) is 8.28. The van der Waals surface area contributed by atoms with Gasteiger partial charge in [-0.25, -0.2) is 13.2 Å². The Hall–Kier alpha value is -1.76. The molecule has 0 radical (unpaired) electrons. The largest absolute Gasteiger partial charge is 0.494 e. The Morgan fingerprint density at radius 3 is 2.90 bits per heavy atom. The van der Waals surface area contributed by atoms with E-state index in [-0.39, 0.29) is 23.1 Å². The summed E-state index contributed by atoms with van der Waals surface area (Å²) in [6, 6.07) is 5.43. The van der Waals surface area contributed by atoms with Crippen LogP contribution in [0.25, 0.3) is 11.0 Å². The number of ether oxygens (including phenoxy) is 1. The molecule has 1 saturated heterocycles. The van der Waals surface area contributed by atoms with E-state index in [0.717, 1.165) is 5.52 Å². The molecule has 0 saturated carbocycles. The fourth-order valence-electron chi connectivity index (χ4n) is 2.78. The van der Waals surface area contributed by atoms with Crippen LogP contribution in [0.3, 0.4) is 0 Å². The predicted molar refractivity (Wildman–Crippen MR) is 75.9 cm³/mol. The monoisotopic (exact) mass is 296 g/mol. The lowest BCUT2D eigenvalue weighted by atomic mass is 10.1. The number of hydrogen-bond donors (Lipinski definition) is 1. The van der Waals surface area contributed by atoms with E-state index >= 15 is 0 Å². The Balaban J connectivity index is 2.00. The fourth-order valence-corrected chi connectivity index (χ4v) is 4.63. The van der Waals surface area contributed by atoms with Gasteiger partial charge in [-0.1, -0.05) is 6.07 Å². The van der Waals surface area contributed by atoms with Crippen molar-refractivity contribution in [3.63, 3.8) is 0 Å². The lowest BCUT2D eigenvalue weighted by Crippen LogP contribution is -2.22. The molecular weight excluding hydrogens is 280 g/mol. The van der Waals surface area contributed by atoms with Crippen LogP contribution in [0.2, 0.25) is 0 Å². The van der Waals surface area contributed by atoms with Crippen LogP contribution in [0.1, 0.15) is 6.42 Å². The number of methoxy groups -OCH3 is 1. The van der Waals surface area contributed by atoms with E-state index in [4.69, 9.17) is 4.74 Å². The van der Waals surface area contributed by atoms with E-state index in [1.165, 1.54) is 0 Å². The van der Waals surface area contributed by atoms with Crippen molar-refractivity contribution in [2.45, 2.75) is 13.0 Å². The summed E-state index contributed by atoms with van der Waals surface area (Å²) in [5.41, 5.74) is 1.17. The van der Waals surface area contributed by atoms with Gasteiger partial charge >= 0.3 is 5.69 Å². The second-order valence-electron chi connectivity index (χ2n) is 5.16. The minimum atomic E-state index is -2.93. The predicted octanol–water partition coefficient (Wildman–Crippen LogP) is 0.773. The van der Waals surface area contributed by atoms with Crippen molar-refractivity contribution in [3.8, 4) is 5.75 Å². The zero-order valence-corrected chi connectivity index (χ0v) is 11.9. The van der Waals surface area contributed by atoms with Crippen LogP contribution in [0, 0.1) is 5.92 Å². The maximum absolute atomic E-state index is 12.1. The number of H-pyrrole nitrogens is 1. The highest BCUT2D eigenvalue weighted by molar-refractivity contribution is 7.91. The van der Waals surface area contributed by atoms with E-state index in [2.05, 4.69) is 4.98 Å². The van der Waals surface area contributed by atoms with Crippen molar-refractivity contribution in [2.75, 3.05) is 18.6 Å². The molecule has 1 aliphatic rings. The third-order valence-electron chi connectivity index (χ3n) is 3.76. The van der Waals surface area contributed by atoms with Crippen molar-refractivity contribution in [1.29, 1.82) is 0 Å². The van der Waals surface area contributed by atoms with Gasteiger partial charge in [0.1, 0.15) is 11.3 Å². The number of para-hydroxylation sites is 1. The number of hydrogen-bond acceptors (Lipinski definition) is 4. The third kappa shape index (κ3) is 2.22. The molecular formula is C13H16N2O4S. The number of nitrogens with one attached hydrogen (secondary N) is 1. The van der Waals surface area contributed by atoms with Gasteiger partial charge in [0.05, 0.1) is 24.1 Å². The lowest BCUT2D eigenvalue weighted by Gasteiger charge is -2.09. The second-order valence-corrected chi connectivity index (χ2v) is 7.39. The molecule has 0 bridgehead atoms. The standard InChI is InChI=1S/C13H16N2O4S/c1-19-11-4-2-3-10-12(11)14-13(16)15(10)7-9-5-6-20(17,18)8-9/h2-4,9H,5-8H2,1H3,(H,14,16). The smallest absolute Gasteiger partial charge is 0.326 e. The molecule has 7 heteroatoms. The van der Waals surface area contributed by atoms with E-state index in [1.807, 2.05) is 12.1 Å². The molecule has 2 heterocycles. The fraction of sp³-hybridized carbons (Fsp3) is 0.462. The van der Waals surface area contributed by atoms with Gasteiger partial charge in [-0.2, -0.15) is 0 Å². The Morgan fingerprint density at radius 1 is 1.45 bits per heavy atom. The summed E-state index contributed by atoms with van der Waals surface area (Å²) in [6.45, 7) is 0.422. The van der Waals surface area contributed by atoms with Crippen LogP contribution < -0.4 is 10.4 Å². The van der Waals surface area contributed by atoms with Crippen LogP contribution in [0.4, 0.5) is 0 Å². The maximum atomic E-state index is 12.1. The number of nitrogens with zero attached hydrogens (tertiary/aromatic N) is 1. The molecule has 0 spiro atoms. The molecule has 1 aromatic heterocycles. The van der Waals surface area contributed by atoms with Gasteiger partial charge in [-0.05, 0) is 24.5 Å². The summed E-state index contributed by atoms with van der Waals surface area (Å²) in [5, 5.41) is 0. The van der Waals surface area contributed by atoms with Gasteiger partial charge in [-0.15, -0.1) is 0 Å². The van der Waals surface area contributed by atoms with Gasteiger partial charge in [0, 0.05) is 6.54 Å².